The Morgan fingerprint density at radius 3 is 2.26 bits per heavy atom. The smallest absolute Gasteiger partial charge is 0.244 e. The summed E-state index contributed by atoms with van der Waals surface area (Å²) in [4.78, 5) is 27.3. The minimum atomic E-state index is -3.73. The molecule has 1 atom stereocenters. The zero-order chi connectivity index (χ0) is 23.2. The van der Waals surface area contributed by atoms with Gasteiger partial charge >= 0.3 is 0 Å². The number of likely N-dealkylation sites (N-methyl/N-ethyl adjacent to an activating group) is 1. The minimum Gasteiger partial charge on any atom is -0.355 e. The summed E-state index contributed by atoms with van der Waals surface area (Å²) >= 11 is 0. The Bertz CT molecular complexity index is 1020. The van der Waals surface area contributed by atoms with E-state index in [0.29, 0.717) is 12.2 Å². The number of benzene rings is 2. The molecule has 0 saturated heterocycles. The van der Waals surface area contributed by atoms with Gasteiger partial charge in [-0.15, -0.1) is 0 Å². The molecule has 7 nitrogen and oxygen atoms in total. The average molecular weight is 446 g/mol. The van der Waals surface area contributed by atoms with Gasteiger partial charge in [0.1, 0.15) is 12.6 Å². The standard InChI is InChI=1S/C23H31N3O4S/c1-6-24-23(28)19(4)25(15-20-10-8-7-9-11-20)22(27)16-26(31(5,29)30)21-13-12-17(2)14-18(21)3/h7-14,19H,6,15-16H2,1-5H3,(H,24,28)/t19-/m1/s1. The van der Waals surface area contributed by atoms with Crippen LogP contribution in [0.3, 0.4) is 0 Å². The van der Waals surface area contributed by atoms with Gasteiger partial charge in [-0.05, 0) is 44.9 Å². The maximum atomic E-state index is 13.3. The Balaban J connectivity index is 2.39. The summed E-state index contributed by atoms with van der Waals surface area (Å²) in [6.45, 7) is 7.43. The lowest BCUT2D eigenvalue weighted by Crippen LogP contribution is -2.51. The van der Waals surface area contributed by atoms with Crippen LogP contribution < -0.4 is 9.62 Å². The second-order valence-electron chi connectivity index (χ2n) is 7.64. The van der Waals surface area contributed by atoms with Crippen LogP contribution in [-0.4, -0.2) is 50.5 Å². The van der Waals surface area contributed by atoms with Crippen molar-refractivity contribution in [2.45, 2.75) is 40.3 Å². The molecule has 168 valence electrons. The molecule has 0 aromatic heterocycles. The summed E-state index contributed by atoms with van der Waals surface area (Å²) in [5, 5.41) is 2.73. The number of carbonyl (C=O) groups is 2. The van der Waals surface area contributed by atoms with Crippen LogP contribution in [0.4, 0.5) is 5.69 Å². The molecule has 2 amide bonds. The van der Waals surface area contributed by atoms with E-state index < -0.39 is 22.0 Å². The molecule has 0 bridgehead atoms. The topological polar surface area (TPSA) is 86.8 Å². The Labute approximate surface area is 185 Å². The van der Waals surface area contributed by atoms with E-state index in [4.69, 9.17) is 0 Å². The third-order valence-electron chi connectivity index (χ3n) is 5.01. The van der Waals surface area contributed by atoms with Gasteiger partial charge in [0.15, 0.2) is 0 Å². The quantitative estimate of drug-likeness (QED) is 0.643. The molecule has 0 aliphatic carbocycles. The van der Waals surface area contributed by atoms with Crippen molar-refractivity contribution in [2.75, 3.05) is 23.7 Å². The van der Waals surface area contributed by atoms with Crippen molar-refractivity contribution in [3.63, 3.8) is 0 Å². The molecule has 2 aromatic rings. The van der Waals surface area contributed by atoms with E-state index in [1.165, 1.54) is 4.90 Å². The maximum Gasteiger partial charge on any atom is 0.244 e. The van der Waals surface area contributed by atoms with E-state index >= 15 is 0 Å². The number of hydrogen-bond donors (Lipinski definition) is 1. The van der Waals surface area contributed by atoms with Gasteiger partial charge in [0, 0.05) is 13.1 Å². The molecule has 0 heterocycles. The first-order valence-electron chi connectivity index (χ1n) is 10.2. The second kappa shape index (κ2) is 10.4. The molecule has 0 spiro atoms. The van der Waals surface area contributed by atoms with Crippen molar-refractivity contribution < 1.29 is 18.0 Å². The fourth-order valence-electron chi connectivity index (χ4n) is 3.36. The van der Waals surface area contributed by atoms with Crippen LogP contribution in [0.2, 0.25) is 0 Å². The molecule has 0 saturated carbocycles. The zero-order valence-electron chi connectivity index (χ0n) is 18.8. The number of nitrogens with zero attached hydrogens (tertiary/aromatic N) is 2. The molecule has 8 heteroatoms. The summed E-state index contributed by atoms with van der Waals surface area (Å²) in [5.74, 6) is -0.739. The summed E-state index contributed by atoms with van der Waals surface area (Å²) in [6.07, 6.45) is 1.08. The molecule has 0 unspecified atom stereocenters. The Hall–Kier alpha value is -2.87. The van der Waals surface area contributed by atoms with E-state index in [2.05, 4.69) is 5.32 Å². The molecule has 31 heavy (non-hydrogen) atoms. The SMILES string of the molecule is CCNC(=O)[C@@H](C)N(Cc1ccccc1)C(=O)CN(c1ccc(C)cc1C)S(C)(=O)=O. The first-order valence-corrected chi connectivity index (χ1v) is 12.1. The van der Waals surface area contributed by atoms with Crippen molar-refractivity contribution in [2.24, 2.45) is 0 Å². The van der Waals surface area contributed by atoms with Gasteiger partial charge in [-0.3, -0.25) is 13.9 Å². The van der Waals surface area contributed by atoms with Gasteiger partial charge in [0.05, 0.1) is 11.9 Å². The maximum absolute atomic E-state index is 13.3. The second-order valence-corrected chi connectivity index (χ2v) is 9.54. The monoisotopic (exact) mass is 445 g/mol. The summed E-state index contributed by atoms with van der Waals surface area (Å²) in [5.41, 5.74) is 3.05. The first kappa shape index (κ1) is 24.4. The summed E-state index contributed by atoms with van der Waals surface area (Å²) in [6, 6.07) is 13.9. The number of hydrogen-bond acceptors (Lipinski definition) is 4. The third-order valence-corrected chi connectivity index (χ3v) is 6.14. The summed E-state index contributed by atoms with van der Waals surface area (Å²) < 4.78 is 26.2. The van der Waals surface area contributed by atoms with E-state index in [-0.39, 0.29) is 19.0 Å². The molecule has 2 rings (SSSR count). The van der Waals surface area contributed by atoms with E-state index in [0.717, 1.165) is 27.3 Å². The minimum absolute atomic E-state index is 0.197. The fraction of sp³-hybridized carbons (Fsp3) is 0.391. The molecule has 0 aliphatic heterocycles. The van der Waals surface area contributed by atoms with E-state index in [9.17, 15) is 18.0 Å². The Kier molecular flexibility index (Phi) is 8.21. The van der Waals surface area contributed by atoms with Crippen LogP contribution in [0.5, 0.6) is 0 Å². The molecule has 1 N–H and O–H groups in total. The summed E-state index contributed by atoms with van der Waals surface area (Å²) in [7, 11) is -3.73. The largest absolute Gasteiger partial charge is 0.355 e. The highest BCUT2D eigenvalue weighted by Gasteiger charge is 2.30. The number of nitrogens with one attached hydrogen (secondary N) is 1. The number of anilines is 1. The van der Waals surface area contributed by atoms with E-state index in [1.807, 2.05) is 56.3 Å². The lowest BCUT2D eigenvalue weighted by molar-refractivity contribution is -0.139. The van der Waals surface area contributed by atoms with Crippen LogP contribution in [0, 0.1) is 13.8 Å². The Morgan fingerprint density at radius 2 is 1.71 bits per heavy atom. The van der Waals surface area contributed by atoms with Gasteiger partial charge in [0.25, 0.3) is 0 Å². The van der Waals surface area contributed by atoms with Crippen LogP contribution in [-0.2, 0) is 26.2 Å². The average Bonchev–Trinajstić information content (AvgIpc) is 2.70. The number of amides is 2. The van der Waals surface area contributed by atoms with E-state index in [1.54, 1.807) is 19.9 Å². The highest BCUT2D eigenvalue weighted by molar-refractivity contribution is 7.92. The predicted molar refractivity (Wildman–Crippen MR) is 123 cm³/mol. The lowest BCUT2D eigenvalue weighted by atomic mass is 10.1. The molecular weight excluding hydrogens is 414 g/mol. The van der Waals surface area contributed by atoms with Crippen molar-refractivity contribution in [1.29, 1.82) is 0 Å². The van der Waals surface area contributed by atoms with Gasteiger partial charge in [-0.1, -0.05) is 48.0 Å². The molecule has 2 aromatic carbocycles. The molecule has 0 fully saturated rings. The number of sulfonamides is 1. The van der Waals surface area contributed by atoms with Crippen molar-refractivity contribution in [3.8, 4) is 0 Å². The lowest BCUT2D eigenvalue weighted by Gasteiger charge is -2.32. The molecule has 0 aliphatic rings. The van der Waals surface area contributed by atoms with Crippen LogP contribution in [0.1, 0.15) is 30.5 Å². The van der Waals surface area contributed by atoms with Crippen LogP contribution in [0.15, 0.2) is 48.5 Å². The highest BCUT2D eigenvalue weighted by atomic mass is 32.2. The zero-order valence-corrected chi connectivity index (χ0v) is 19.6. The fourth-order valence-corrected chi connectivity index (χ4v) is 4.27. The third kappa shape index (κ3) is 6.55. The van der Waals surface area contributed by atoms with Crippen molar-refractivity contribution in [1.82, 2.24) is 10.2 Å². The highest BCUT2D eigenvalue weighted by Crippen LogP contribution is 2.24. The van der Waals surface area contributed by atoms with Gasteiger partial charge in [-0.2, -0.15) is 0 Å². The Morgan fingerprint density at radius 1 is 1.06 bits per heavy atom. The molecular formula is C23H31N3O4S. The number of carbonyl (C=O) groups excluding carboxylic acids is 2. The molecule has 0 radical (unpaired) electrons. The van der Waals surface area contributed by atoms with Crippen LogP contribution >= 0.6 is 0 Å². The van der Waals surface area contributed by atoms with Crippen molar-refractivity contribution in [3.05, 3.63) is 65.2 Å². The normalized spacial score (nSPS) is 12.2. The number of rotatable bonds is 9. The predicted octanol–water partition coefficient (Wildman–Crippen LogP) is 2.62. The number of aryl methyl sites for hydroxylation is 2. The first-order chi connectivity index (χ1) is 14.5. The van der Waals surface area contributed by atoms with Crippen molar-refractivity contribution >= 4 is 27.5 Å². The van der Waals surface area contributed by atoms with Crippen LogP contribution in [0.25, 0.3) is 0 Å². The van der Waals surface area contributed by atoms with Gasteiger partial charge in [-0.25, -0.2) is 8.42 Å². The van der Waals surface area contributed by atoms with Gasteiger partial charge < -0.3 is 10.2 Å². The van der Waals surface area contributed by atoms with Gasteiger partial charge in [0.2, 0.25) is 21.8 Å².